The maximum atomic E-state index is 13.1. The number of aromatic nitrogens is 1. The SMILES string of the molecule is O=C1CCCN1c1ccc(CC(=O)N(Cc2ccncc2)C2C=CS(=O)(=O)C2)cc1. The fourth-order valence-corrected chi connectivity index (χ4v) is 5.12. The van der Waals surface area contributed by atoms with E-state index < -0.39 is 15.9 Å². The number of anilines is 1. The highest BCUT2D eigenvalue weighted by molar-refractivity contribution is 7.94. The zero-order valence-electron chi connectivity index (χ0n) is 16.5. The third kappa shape index (κ3) is 4.59. The Morgan fingerprint density at radius 1 is 1.10 bits per heavy atom. The van der Waals surface area contributed by atoms with Crippen molar-refractivity contribution in [3.8, 4) is 0 Å². The van der Waals surface area contributed by atoms with Gasteiger partial charge in [0, 0.05) is 43.0 Å². The number of hydrogen-bond acceptors (Lipinski definition) is 5. The molecule has 0 spiro atoms. The van der Waals surface area contributed by atoms with Crippen molar-refractivity contribution in [3.05, 3.63) is 71.4 Å². The van der Waals surface area contributed by atoms with Gasteiger partial charge in [0.25, 0.3) is 0 Å². The van der Waals surface area contributed by atoms with Crippen molar-refractivity contribution in [2.75, 3.05) is 17.2 Å². The summed E-state index contributed by atoms with van der Waals surface area (Å²) < 4.78 is 23.8. The standard InChI is InChI=1S/C22H23N3O4S/c26-21-2-1-12-24(21)19-5-3-17(4-6-19)14-22(27)25(15-18-7-10-23-11-8-18)20-9-13-30(28,29)16-20/h3-11,13,20H,1-2,12,14-16H2. The summed E-state index contributed by atoms with van der Waals surface area (Å²) in [5, 5.41) is 1.19. The summed E-state index contributed by atoms with van der Waals surface area (Å²) >= 11 is 0. The minimum absolute atomic E-state index is 0.0974. The molecule has 0 aliphatic carbocycles. The highest BCUT2D eigenvalue weighted by Gasteiger charge is 2.30. The first-order chi connectivity index (χ1) is 14.4. The lowest BCUT2D eigenvalue weighted by atomic mass is 10.1. The number of hydrogen-bond donors (Lipinski definition) is 0. The van der Waals surface area contributed by atoms with Crippen molar-refractivity contribution < 1.29 is 18.0 Å². The van der Waals surface area contributed by atoms with Gasteiger partial charge in [-0.1, -0.05) is 12.1 Å². The van der Waals surface area contributed by atoms with Crippen molar-refractivity contribution in [1.29, 1.82) is 0 Å². The maximum Gasteiger partial charge on any atom is 0.227 e. The Labute approximate surface area is 175 Å². The van der Waals surface area contributed by atoms with Crippen molar-refractivity contribution >= 4 is 27.3 Å². The number of pyridine rings is 1. The van der Waals surface area contributed by atoms with E-state index in [1.165, 1.54) is 5.41 Å². The van der Waals surface area contributed by atoms with Gasteiger partial charge in [-0.25, -0.2) is 8.42 Å². The first-order valence-electron chi connectivity index (χ1n) is 9.90. The van der Waals surface area contributed by atoms with Crippen LogP contribution >= 0.6 is 0 Å². The van der Waals surface area contributed by atoms with E-state index in [0.717, 1.165) is 29.8 Å². The first-order valence-corrected chi connectivity index (χ1v) is 11.6. The molecule has 0 saturated carbocycles. The van der Waals surface area contributed by atoms with E-state index in [4.69, 9.17) is 0 Å². The number of sulfone groups is 1. The Bertz CT molecular complexity index is 1070. The Hall–Kier alpha value is -3.00. The van der Waals surface area contributed by atoms with Crippen molar-refractivity contribution in [2.24, 2.45) is 0 Å². The van der Waals surface area contributed by atoms with E-state index in [0.29, 0.717) is 13.0 Å². The summed E-state index contributed by atoms with van der Waals surface area (Å²) in [5.41, 5.74) is 2.55. The van der Waals surface area contributed by atoms with Crippen LogP contribution in [0.5, 0.6) is 0 Å². The molecular weight excluding hydrogens is 402 g/mol. The molecular formula is C22H23N3O4S. The monoisotopic (exact) mass is 425 g/mol. The zero-order valence-corrected chi connectivity index (χ0v) is 17.3. The molecule has 1 unspecified atom stereocenters. The van der Waals surface area contributed by atoms with Crippen molar-refractivity contribution in [3.63, 3.8) is 0 Å². The van der Waals surface area contributed by atoms with Crippen LogP contribution in [0.15, 0.2) is 60.3 Å². The maximum absolute atomic E-state index is 13.1. The van der Waals surface area contributed by atoms with Gasteiger partial charge in [0.15, 0.2) is 9.84 Å². The summed E-state index contributed by atoms with van der Waals surface area (Å²) in [6, 6.07) is 10.6. The third-order valence-electron chi connectivity index (χ3n) is 5.41. The molecule has 1 aromatic carbocycles. The molecule has 30 heavy (non-hydrogen) atoms. The first kappa shape index (κ1) is 20.3. The van der Waals surface area contributed by atoms with Crippen molar-refractivity contribution in [1.82, 2.24) is 9.88 Å². The van der Waals surface area contributed by atoms with Gasteiger partial charge in [-0.15, -0.1) is 0 Å². The topological polar surface area (TPSA) is 87.7 Å². The van der Waals surface area contributed by atoms with Gasteiger partial charge in [-0.05, 0) is 47.9 Å². The second kappa shape index (κ2) is 8.39. The molecule has 7 nitrogen and oxygen atoms in total. The molecule has 3 heterocycles. The third-order valence-corrected chi connectivity index (χ3v) is 6.79. The number of carbonyl (C=O) groups is 2. The summed E-state index contributed by atoms with van der Waals surface area (Å²) in [7, 11) is -3.28. The quantitative estimate of drug-likeness (QED) is 0.707. The van der Waals surface area contributed by atoms with Gasteiger partial charge in [0.2, 0.25) is 11.8 Å². The Kier molecular flexibility index (Phi) is 5.67. The van der Waals surface area contributed by atoms with Gasteiger partial charge in [0.05, 0.1) is 18.2 Å². The van der Waals surface area contributed by atoms with Crippen LogP contribution < -0.4 is 4.90 Å². The Morgan fingerprint density at radius 2 is 1.83 bits per heavy atom. The van der Waals surface area contributed by atoms with Crippen LogP contribution in [0, 0.1) is 0 Å². The summed E-state index contributed by atoms with van der Waals surface area (Å²) in [6.45, 7) is 1.03. The molecule has 1 aromatic heterocycles. The number of amides is 2. The molecule has 156 valence electrons. The van der Waals surface area contributed by atoms with Crippen LogP contribution in [0.25, 0.3) is 0 Å². The molecule has 0 bridgehead atoms. The van der Waals surface area contributed by atoms with E-state index in [9.17, 15) is 18.0 Å². The van der Waals surface area contributed by atoms with E-state index in [-0.39, 0.29) is 24.0 Å². The number of nitrogens with zero attached hydrogens (tertiary/aromatic N) is 3. The van der Waals surface area contributed by atoms with Gasteiger partial charge in [-0.2, -0.15) is 0 Å². The van der Waals surface area contributed by atoms with E-state index in [1.807, 2.05) is 36.4 Å². The van der Waals surface area contributed by atoms with Crippen LogP contribution in [0.1, 0.15) is 24.0 Å². The van der Waals surface area contributed by atoms with Crippen LogP contribution in [0.2, 0.25) is 0 Å². The second-order valence-electron chi connectivity index (χ2n) is 7.59. The molecule has 0 radical (unpaired) electrons. The average Bonchev–Trinajstić information content (AvgIpc) is 3.32. The lowest BCUT2D eigenvalue weighted by Gasteiger charge is -2.28. The van der Waals surface area contributed by atoms with E-state index in [1.54, 1.807) is 28.3 Å². The minimum atomic E-state index is -3.28. The second-order valence-corrected chi connectivity index (χ2v) is 9.53. The fourth-order valence-electron chi connectivity index (χ4n) is 3.82. The summed E-state index contributed by atoms with van der Waals surface area (Å²) in [6.07, 6.45) is 6.47. The molecule has 2 aromatic rings. The predicted octanol–water partition coefficient (Wildman–Crippen LogP) is 2.09. The van der Waals surface area contributed by atoms with Gasteiger partial charge in [0.1, 0.15) is 0 Å². The minimum Gasteiger partial charge on any atom is -0.331 e. The Balaban J connectivity index is 1.50. The molecule has 8 heteroatoms. The highest BCUT2D eigenvalue weighted by Crippen LogP contribution is 2.23. The predicted molar refractivity (Wildman–Crippen MR) is 113 cm³/mol. The molecule has 1 fully saturated rings. The van der Waals surface area contributed by atoms with Crippen LogP contribution in [-0.4, -0.2) is 48.5 Å². The van der Waals surface area contributed by atoms with Crippen molar-refractivity contribution in [2.45, 2.75) is 31.8 Å². The zero-order chi connectivity index (χ0) is 21.1. The largest absolute Gasteiger partial charge is 0.331 e. The molecule has 2 aliphatic heterocycles. The number of rotatable bonds is 6. The smallest absolute Gasteiger partial charge is 0.227 e. The fraction of sp³-hybridized carbons (Fsp3) is 0.318. The number of benzene rings is 1. The van der Waals surface area contributed by atoms with Gasteiger partial charge >= 0.3 is 0 Å². The van der Waals surface area contributed by atoms with Crippen LogP contribution in [0.4, 0.5) is 5.69 Å². The summed E-state index contributed by atoms with van der Waals surface area (Å²) in [4.78, 5) is 32.4. The molecule has 0 N–H and O–H groups in total. The molecule has 2 aliphatic rings. The van der Waals surface area contributed by atoms with Gasteiger partial charge in [-0.3, -0.25) is 14.6 Å². The molecule has 4 rings (SSSR count). The van der Waals surface area contributed by atoms with E-state index in [2.05, 4.69) is 4.98 Å². The molecule has 1 saturated heterocycles. The lowest BCUT2D eigenvalue weighted by Crippen LogP contribution is -2.41. The average molecular weight is 426 g/mol. The molecule has 2 amide bonds. The lowest BCUT2D eigenvalue weighted by molar-refractivity contribution is -0.132. The number of carbonyl (C=O) groups excluding carboxylic acids is 2. The Morgan fingerprint density at radius 3 is 2.43 bits per heavy atom. The molecule has 1 atom stereocenters. The van der Waals surface area contributed by atoms with Crippen LogP contribution in [-0.2, 0) is 32.4 Å². The van der Waals surface area contributed by atoms with E-state index >= 15 is 0 Å². The van der Waals surface area contributed by atoms with Gasteiger partial charge < -0.3 is 9.80 Å². The summed E-state index contributed by atoms with van der Waals surface area (Å²) in [5.74, 6) is -0.125. The van der Waals surface area contributed by atoms with Crippen LogP contribution in [0.3, 0.4) is 0 Å². The highest BCUT2D eigenvalue weighted by atomic mass is 32.2. The normalized spacial score (nSPS) is 19.9.